The van der Waals surface area contributed by atoms with Crippen molar-refractivity contribution in [3.63, 3.8) is 0 Å². The van der Waals surface area contributed by atoms with Crippen LogP contribution in [0.15, 0.2) is 79.1 Å². The van der Waals surface area contributed by atoms with Gasteiger partial charge in [-0.1, -0.05) is 62.2 Å². The molecule has 0 saturated carbocycles. The number of fused-ring (bicyclic) bond motifs is 3. The second kappa shape index (κ2) is 10.9. The van der Waals surface area contributed by atoms with Crippen molar-refractivity contribution in [1.82, 2.24) is 14.5 Å². The smallest absolute Gasteiger partial charge is 0.501 e. The Balaban J connectivity index is 0.00000337. The number of benzene rings is 3. The molecular weight excluding hydrogens is 694 g/mol. The van der Waals surface area contributed by atoms with Gasteiger partial charge < -0.3 is 14.3 Å². The molecule has 0 unspecified atom stereocenters. The number of hydrogen-bond acceptors (Lipinski definition) is 3. The molecule has 5 nitrogen and oxygen atoms in total. The third-order valence-electron chi connectivity index (χ3n) is 6.87. The molecular formula is C34H25FN4OPt. The monoisotopic (exact) mass is 719 g/mol. The summed E-state index contributed by atoms with van der Waals surface area (Å²) in [6, 6.07) is 27.4. The molecule has 0 bridgehead atoms. The number of halogens is 1. The fourth-order valence-electron chi connectivity index (χ4n) is 4.79. The van der Waals surface area contributed by atoms with Crippen LogP contribution in [-0.4, -0.2) is 14.5 Å². The predicted octanol–water partition coefficient (Wildman–Crippen LogP) is 8.93. The Morgan fingerprint density at radius 1 is 0.927 bits per heavy atom. The molecule has 0 N–H and O–H groups in total. The van der Waals surface area contributed by atoms with Gasteiger partial charge in [-0.2, -0.15) is 6.07 Å². The van der Waals surface area contributed by atoms with Crippen molar-refractivity contribution in [3.05, 3.63) is 120 Å². The van der Waals surface area contributed by atoms with Crippen molar-refractivity contribution in [1.29, 1.82) is 0 Å². The van der Waals surface area contributed by atoms with Gasteiger partial charge in [0.25, 0.3) is 0 Å². The standard InChI is InChI=1S/C34H25FN4O.Pt/c1-21-12-14-37-27(16-21)22-17-28(36-5)33(35)31(18-22)40-24-10-11-26-25-8-6-7-9-29(25)39(30(26)20-24)32-19-23(13-15-38-32)34(2,3)4;/h6-17,19H,1-4H3;/q-2;+2. The van der Waals surface area contributed by atoms with Gasteiger partial charge in [0.1, 0.15) is 11.5 Å². The molecule has 0 saturated heterocycles. The molecule has 3 aromatic heterocycles. The van der Waals surface area contributed by atoms with E-state index in [1.54, 1.807) is 12.3 Å². The topological polar surface area (TPSA) is 44.3 Å². The molecule has 0 spiro atoms. The van der Waals surface area contributed by atoms with E-state index < -0.39 is 5.82 Å². The number of aromatic nitrogens is 3. The summed E-state index contributed by atoms with van der Waals surface area (Å²) in [5.74, 6) is 0.0921. The summed E-state index contributed by atoms with van der Waals surface area (Å²) in [5, 5.41) is 2.01. The van der Waals surface area contributed by atoms with Gasteiger partial charge in [-0.25, -0.2) is 4.98 Å². The van der Waals surface area contributed by atoms with Crippen molar-refractivity contribution in [2.45, 2.75) is 33.1 Å². The van der Waals surface area contributed by atoms with E-state index in [2.05, 4.69) is 54.9 Å². The van der Waals surface area contributed by atoms with E-state index in [0.717, 1.165) is 38.8 Å². The minimum absolute atomic E-state index is 0. The third kappa shape index (κ3) is 5.26. The first-order chi connectivity index (χ1) is 19.2. The zero-order valence-corrected chi connectivity index (χ0v) is 25.2. The summed E-state index contributed by atoms with van der Waals surface area (Å²) in [6.45, 7) is 15.9. The van der Waals surface area contributed by atoms with Crippen molar-refractivity contribution < 1.29 is 30.2 Å². The molecule has 3 heterocycles. The van der Waals surface area contributed by atoms with Crippen LogP contribution in [0.4, 0.5) is 10.1 Å². The molecule has 0 aliphatic heterocycles. The van der Waals surface area contributed by atoms with Crippen LogP contribution in [0, 0.1) is 31.4 Å². The zero-order valence-electron chi connectivity index (χ0n) is 22.9. The fourth-order valence-corrected chi connectivity index (χ4v) is 4.79. The number of rotatable bonds is 4. The van der Waals surface area contributed by atoms with Gasteiger partial charge in [-0.15, -0.1) is 29.1 Å². The Bertz CT molecular complexity index is 1970. The molecule has 0 aliphatic carbocycles. The molecule has 3 aromatic carbocycles. The summed E-state index contributed by atoms with van der Waals surface area (Å²) in [7, 11) is 0. The van der Waals surface area contributed by atoms with Crippen LogP contribution >= 0.6 is 0 Å². The molecule has 0 aliphatic rings. The fraction of sp³-hybridized carbons (Fsp3) is 0.147. The van der Waals surface area contributed by atoms with Gasteiger partial charge in [-0.05, 0) is 53.2 Å². The van der Waals surface area contributed by atoms with E-state index in [0.29, 0.717) is 17.0 Å². The Kier molecular flexibility index (Phi) is 7.51. The Morgan fingerprint density at radius 2 is 1.71 bits per heavy atom. The van der Waals surface area contributed by atoms with E-state index in [4.69, 9.17) is 16.3 Å². The van der Waals surface area contributed by atoms with E-state index in [9.17, 15) is 0 Å². The quantitative estimate of drug-likeness (QED) is 0.171. The Hall–Kier alpha value is -4.33. The van der Waals surface area contributed by atoms with Crippen molar-refractivity contribution in [2.75, 3.05) is 0 Å². The van der Waals surface area contributed by atoms with Crippen molar-refractivity contribution in [2.24, 2.45) is 0 Å². The van der Waals surface area contributed by atoms with E-state index in [1.165, 1.54) is 6.07 Å². The van der Waals surface area contributed by atoms with E-state index in [1.807, 2.05) is 60.2 Å². The summed E-state index contributed by atoms with van der Waals surface area (Å²) in [5.41, 5.74) is 4.71. The average molecular weight is 720 g/mol. The minimum atomic E-state index is -0.778. The zero-order chi connectivity index (χ0) is 28.0. The summed E-state index contributed by atoms with van der Waals surface area (Å²) < 4.78 is 23.4. The van der Waals surface area contributed by atoms with Gasteiger partial charge in [0.05, 0.1) is 18.1 Å². The van der Waals surface area contributed by atoms with Crippen molar-refractivity contribution in [3.8, 4) is 28.6 Å². The molecule has 0 amide bonds. The van der Waals surface area contributed by atoms with Crippen LogP contribution in [-0.2, 0) is 26.5 Å². The van der Waals surface area contributed by atoms with Crippen LogP contribution in [0.5, 0.6) is 11.5 Å². The van der Waals surface area contributed by atoms with Gasteiger partial charge in [0.15, 0.2) is 0 Å². The first-order valence-electron chi connectivity index (χ1n) is 12.9. The molecule has 0 fully saturated rings. The van der Waals surface area contributed by atoms with Crippen molar-refractivity contribution >= 4 is 27.5 Å². The van der Waals surface area contributed by atoms with Crippen LogP contribution in [0.2, 0.25) is 0 Å². The van der Waals surface area contributed by atoms with E-state index in [-0.39, 0.29) is 37.9 Å². The third-order valence-corrected chi connectivity index (χ3v) is 6.87. The minimum Gasteiger partial charge on any atom is -0.501 e. The number of hydrogen-bond donors (Lipinski definition) is 0. The summed E-state index contributed by atoms with van der Waals surface area (Å²) in [6.07, 6.45) is 3.49. The van der Waals surface area contributed by atoms with Gasteiger partial charge >= 0.3 is 21.1 Å². The number of aryl methyl sites for hydroxylation is 1. The second-order valence-corrected chi connectivity index (χ2v) is 10.7. The summed E-state index contributed by atoms with van der Waals surface area (Å²) >= 11 is 0. The second-order valence-electron chi connectivity index (χ2n) is 10.7. The molecule has 0 radical (unpaired) electrons. The van der Waals surface area contributed by atoms with Crippen LogP contribution in [0.25, 0.3) is 43.7 Å². The number of nitrogens with zero attached hydrogens (tertiary/aromatic N) is 4. The first-order valence-corrected chi connectivity index (χ1v) is 12.9. The number of pyridine rings is 2. The number of ether oxygens (including phenoxy) is 1. The van der Waals surface area contributed by atoms with Gasteiger partial charge in [0, 0.05) is 23.7 Å². The molecule has 6 aromatic rings. The SMILES string of the molecule is [C-]#[N+]c1cc(-c2cc(C)ccn2)[c-]c(Oc2[c-]c3c(cc2)c2ccccc2n3-c2cc(C(C)(C)C)ccn2)c1F.[Pt+2]. The Labute approximate surface area is 252 Å². The Morgan fingerprint density at radius 3 is 2.46 bits per heavy atom. The summed E-state index contributed by atoms with van der Waals surface area (Å²) in [4.78, 5) is 12.4. The van der Waals surface area contributed by atoms with Gasteiger partial charge in [0.2, 0.25) is 0 Å². The van der Waals surface area contributed by atoms with Gasteiger partial charge in [-0.3, -0.25) is 9.24 Å². The van der Waals surface area contributed by atoms with Crippen LogP contribution < -0.4 is 4.74 Å². The van der Waals surface area contributed by atoms with Crippen LogP contribution in [0.1, 0.15) is 31.9 Å². The number of para-hydroxylation sites is 1. The maximum absolute atomic E-state index is 15.3. The molecule has 204 valence electrons. The predicted molar refractivity (Wildman–Crippen MR) is 156 cm³/mol. The maximum atomic E-state index is 15.3. The maximum Gasteiger partial charge on any atom is 2.00 e. The molecule has 0 atom stereocenters. The molecule has 6 rings (SSSR count). The normalized spacial score (nSPS) is 11.3. The average Bonchev–Trinajstić information content (AvgIpc) is 3.27. The van der Waals surface area contributed by atoms with E-state index >= 15 is 4.39 Å². The molecule has 7 heteroatoms. The molecule has 41 heavy (non-hydrogen) atoms. The first kappa shape index (κ1) is 28.2. The largest absolute Gasteiger partial charge is 2.00 e. The van der Waals surface area contributed by atoms with Crippen LogP contribution in [0.3, 0.4) is 0 Å².